The molecule has 1 unspecified atom stereocenters. The van der Waals surface area contributed by atoms with E-state index in [0.29, 0.717) is 17.5 Å². The topological polar surface area (TPSA) is 42.3 Å². The van der Waals surface area contributed by atoms with Gasteiger partial charge in [-0.2, -0.15) is 0 Å². The molecule has 3 aliphatic rings. The van der Waals surface area contributed by atoms with Crippen molar-refractivity contribution in [3.05, 3.63) is 53.3 Å². The van der Waals surface area contributed by atoms with Gasteiger partial charge in [0.15, 0.2) is 0 Å². The highest BCUT2D eigenvalue weighted by atomic mass is 16.5. The summed E-state index contributed by atoms with van der Waals surface area (Å²) in [6, 6.07) is 14.5. The summed E-state index contributed by atoms with van der Waals surface area (Å²) in [5, 5.41) is 3.49. The van der Waals surface area contributed by atoms with Gasteiger partial charge in [0.25, 0.3) is 0 Å². The van der Waals surface area contributed by atoms with Crippen molar-refractivity contribution in [1.82, 2.24) is 14.9 Å². The minimum atomic E-state index is 0.193. The summed E-state index contributed by atoms with van der Waals surface area (Å²) in [6.07, 6.45) is 7.03. The Morgan fingerprint density at radius 2 is 1.97 bits per heavy atom. The minimum absolute atomic E-state index is 0.193. The van der Waals surface area contributed by atoms with Gasteiger partial charge in [0.05, 0.1) is 17.1 Å². The number of nitrogens with zero attached hydrogens (tertiary/aromatic N) is 3. The molecule has 1 saturated heterocycles. The predicted octanol–water partition coefficient (Wildman–Crippen LogP) is 5.30. The maximum absolute atomic E-state index is 5.93. The molecule has 3 aromatic rings. The Balaban J connectivity index is 1.34. The van der Waals surface area contributed by atoms with E-state index in [-0.39, 0.29) is 6.10 Å². The average molecular weight is 459 g/mol. The number of fused-ring (bicyclic) bond motifs is 3. The highest BCUT2D eigenvalue weighted by Gasteiger charge is 2.49. The van der Waals surface area contributed by atoms with Gasteiger partial charge in [-0.05, 0) is 88.1 Å². The van der Waals surface area contributed by atoms with E-state index in [2.05, 4.69) is 79.0 Å². The zero-order valence-electron chi connectivity index (χ0n) is 21.1. The van der Waals surface area contributed by atoms with Crippen LogP contribution in [0.2, 0.25) is 0 Å². The highest BCUT2D eigenvalue weighted by molar-refractivity contribution is 5.86. The Bertz CT molecular complexity index is 1200. The second kappa shape index (κ2) is 8.30. The zero-order valence-corrected chi connectivity index (χ0v) is 21.1. The van der Waals surface area contributed by atoms with Crippen molar-refractivity contribution in [2.45, 2.75) is 77.5 Å². The quantitative estimate of drug-likeness (QED) is 0.544. The van der Waals surface area contributed by atoms with Crippen molar-refractivity contribution >= 4 is 16.7 Å². The average Bonchev–Trinajstić information content (AvgIpc) is 3.11. The van der Waals surface area contributed by atoms with Crippen LogP contribution in [0.1, 0.15) is 63.0 Å². The molecule has 2 aromatic carbocycles. The molecule has 1 spiro atoms. The molecule has 1 N–H and O–H groups in total. The minimum Gasteiger partial charge on any atom is -0.491 e. The monoisotopic (exact) mass is 458 g/mol. The largest absolute Gasteiger partial charge is 0.491 e. The van der Waals surface area contributed by atoms with E-state index in [1.807, 2.05) is 0 Å². The number of ether oxygens (including phenoxy) is 1. The lowest BCUT2D eigenvalue weighted by Gasteiger charge is -2.55. The van der Waals surface area contributed by atoms with E-state index < -0.39 is 0 Å². The molecule has 1 aromatic heterocycles. The number of nitrogens with one attached hydrogen (secondary N) is 1. The molecular weight excluding hydrogens is 420 g/mol. The van der Waals surface area contributed by atoms with E-state index in [1.54, 1.807) is 0 Å². The first-order valence-corrected chi connectivity index (χ1v) is 13.1. The van der Waals surface area contributed by atoms with Crippen LogP contribution in [0.15, 0.2) is 36.4 Å². The molecule has 34 heavy (non-hydrogen) atoms. The van der Waals surface area contributed by atoms with Crippen LogP contribution in [-0.2, 0) is 19.3 Å². The zero-order chi connectivity index (χ0) is 23.4. The third-order valence-electron chi connectivity index (χ3n) is 8.48. The van der Waals surface area contributed by atoms with Gasteiger partial charge in [-0.1, -0.05) is 12.1 Å². The summed E-state index contributed by atoms with van der Waals surface area (Å²) in [7, 11) is 2.23. The lowest BCUT2D eigenvalue weighted by Crippen LogP contribution is -2.60. The van der Waals surface area contributed by atoms with E-state index >= 15 is 0 Å². The second-order valence-electron chi connectivity index (χ2n) is 11.3. The van der Waals surface area contributed by atoms with Gasteiger partial charge in [-0.25, -0.2) is 4.98 Å². The van der Waals surface area contributed by atoms with Crippen LogP contribution in [0.3, 0.4) is 0 Å². The molecule has 180 valence electrons. The number of hydrogen-bond acceptors (Lipinski definition) is 4. The molecule has 1 saturated carbocycles. The number of anilines is 1. The molecule has 2 fully saturated rings. The van der Waals surface area contributed by atoms with Crippen LogP contribution < -0.4 is 15.0 Å². The summed E-state index contributed by atoms with van der Waals surface area (Å²) >= 11 is 0. The summed E-state index contributed by atoms with van der Waals surface area (Å²) in [5.41, 5.74) is 7.28. The van der Waals surface area contributed by atoms with E-state index in [0.717, 1.165) is 25.0 Å². The molecule has 5 nitrogen and oxygen atoms in total. The molecule has 0 amide bonds. The number of aryl methyl sites for hydroxylation is 3. The SMILES string of the molecule is CC(C)Oc1cccc(CCc2nc3c4c(ccc3n2C2CC3(CNC3)C2)N(C)C(C)CC4)c1. The standard InChI is InChI=1S/C29H38N4O/c1-19(2)34-23-7-5-6-21(14-23)9-13-27-31-28-24-10-8-20(3)32(4)25(24)11-12-26(28)33(27)22-15-29(16-22)17-30-18-29/h5-7,11-12,14,19-20,22,30H,8-10,13,15-18H2,1-4H3. The first-order chi connectivity index (χ1) is 16.4. The smallest absolute Gasteiger partial charge is 0.119 e. The Morgan fingerprint density at radius 1 is 1.15 bits per heavy atom. The van der Waals surface area contributed by atoms with Crippen molar-refractivity contribution in [2.75, 3.05) is 25.0 Å². The second-order valence-corrected chi connectivity index (χ2v) is 11.3. The van der Waals surface area contributed by atoms with Gasteiger partial charge >= 0.3 is 0 Å². The number of benzene rings is 2. The van der Waals surface area contributed by atoms with Gasteiger partial charge in [0.1, 0.15) is 11.6 Å². The lowest BCUT2D eigenvalue weighted by atomic mass is 9.61. The molecule has 5 heteroatoms. The first kappa shape index (κ1) is 22.0. The first-order valence-electron chi connectivity index (χ1n) is 13.1. The van der Waals surface area contributed by atoms with Crippen LogP contribution in [0.4, 0.5) is 5.69 Å². The molecular formula is C29H38N4O. The number of imidazole rings is 1. The fourth-order valence-electron chi connectivity index (χ4n) is 6.39. The Labute approximate surface area is 203 Å². The van der Waals surface area contributed by atoms with E-state index in [1.165, 1.54) is 66.0 Å². The third kappa shape index (κ3) is 3.69. The van der Waals surface area contributed by atoms with Gasteiger partial charge in [-0.15, -0.1) is 0 Å². The summed E-state index contributed by atoms with van der Waals surface area (Å²) in [4.78, 5) is 7.80. The van der Waals surface area contributed by atoms with Gasteiger partial charge in [0.2, 0.25) is 0 Å². The van der Waals surface area contributed by atoms with Gasteiger partial charge in [0, 0.05) is 49.9 Å². The normalized spacial score (nSPS) is 21.6. The van der Waals surface area contributed by atoms with E-state index in [9.17, 15) is 0 Å². The number of hydrogen-bond donors (Lipinski definition) is 1. The van der Waals surface area contributed by atoms with Crippen molar-refractivity contribution < 1.29 is 4.74 Å². The van der Waals surface area contributed by atoms with Crippen molar-refractivity contribution in [3.63, 3.8) is 0 Å². The van der Waals surface area contributed by atoms with E-state index in [4.69, 9.17) is 9.72 Å². The third-order valence-corrected chi connectivity index (χ3v) is 8.48. The van der Waals surface area contributed by atoms with Crippen LogP contribution in [0.25, 0.3) is 11.0 Å². The Morgan fingerprint density at radius 3 is 2.71 bits per heavy atom. The lowest BCUT2D eigenvalue weighted by molar-refractivity contribution is 0.00810. The summed E-state index contributed by atoms with van der Waals surface area (Å²) in [6.45, 7) is 8.86. The Kier molecular flexibility index (Phi) is 5.36. The van der Waals surface area contributed by atoms with Gasteiger partial charge < -0.3 is 19.5 Å². The fourth-order valence-corrected chi connectivity index (χ4v) is 6.39. The number of aromatic nitrogens is 2. The van der Waals surface area contributed by atoms with Crippen molar-refractivity contribution in [1.29, 1.82) is 0 Å². The molecule has 0 bridgehead atoms. The molecule has 0 radical (unpaired) electrons. The molecule has 2 aliphatic heterocycles. The van der Waals surface area contributed by atoms with Crippen LogP contribution >= 0.6 is 0 Å². The fraction of sp³-hybridized carbons (Fsp3) is 0.552. The summed E-state index contributed by atoms with van der Waals surface area (Å²) < 4.78 is 8.55. The summed E-state index contributed by atoms with van der Waals surface area (Å²) in [5.74, 6) is 2.22. The molecule has 1 atom stereocenters. The Hall–Kier alpha value is -2.53. The molecule has 3 heterocycles. The van der Waals surface area contributed by atoms with Crippen molar-refractivity contribution in [2.24, 2.45) is 5.41 Å². The number of rotatable bonds is 6. The van der Waals surface area contributed by atoms with Crippen LogP contribution in [0.5, 0.6) is 5.75 Å². The van der Waals surface area contributed by atoms with Crippen LogP contribution in [-0.4, -0.2) is 41.8 Å². The van der Waals surface area contributed by atoms with Gasteiger partial charge in [-0.3, -0.25) is 0 Å². The maximum Gasteiger partial charge on any atom is 0.119 e. The van der Waals surface area contributed by atoms with Crippen molar-refractivity contribution in [3.8, 4) is 5.75 Å². The molecule has 6 rings (SSSR count). The van der Waals surface area contributed by atoms with Crippen LogP contribution in [0, 0.1) is 5.41 Å². The molecule has 1 aliphatic carbocycles. The highest BCUT2D eigenvalue weighted by Crippen LogP contribution is 2.52. The predicted molar refractivity (Wildman–Crippen MR) is 139 cm³/mol. The maximum atomic E-state index is 5.93.